The second-order valence-corrected chi connectivity index (χ2v) is 8.73. The minimum atomic E-state index is -0.620. The number of benzene rings is 2. The minimum absolute atomic E-state index is 0.00275. The SMILES string of the molecule is Cc1cc(C)c(NC(=O)CN2CC(C(=O)N3CCCCC3)Oc3ccccc32)c(Cl)c1. The van der Waals surface area contributed by atoms with Crippen molar-refractivity contribution in [2.45, 2.75) is 39.2 Å². The second-order valence-electron chi connectivity index (χ2n) is 8.33. The van der Waals surface area contributed by atoms with Gasteiger partial charge >= 0.3 is 0 Å². The maximum Gasteiger partial charge on any atom is 0.265 e. The van der Waals surface area contributed by atoms with Gasteiger partial charge in [-0.2, -0.15) is 0 Å². The summed E-state index contributed by atoms with van der Waals surface area (Å²) in [5.74, 6) is 0.438. The number of carbonyl (C=O) groups is 2. The van der Waals surface area contributed by atoms with Crippen LogP contribution in [0, 0.1) is 13.8 Å². The molecule has 0 aromatic heterocycles. The Morgan fingerprint density at radius 2 is 1.87 bits per heavy atom. The lowest BCUT2D eigenvalue weighted by atomic mass is 10.1. The van der Waals surface area contributed by atoms with E-state index in [9.17, 15) is 9.59 Å². The standard InChI is InChI=1S/C24H28ClN3O3/c1-16-12-17(2)23(18(25)13-16)26-22(29)15-28-14-21(24(30)27-10-6-3-7-11-27)31-20-9-5-4-8-19(20)28/h4-5,8-9,12-13,21H,3,6-7,10-11,14-15H2,1-2H3,(H,26,29). The zero-order chi connectivity index (χ0) is 22.0. The van der Waals surface area contributed by atoms with Crippen LogP contribution in [-0.4, -0.2) is 49.0 Å². The molecule has 0 spiro atoms. The van der Waals surface area contributed by atoms with Gasteiger partial charge in [0.05, 0.1) is 29.5 Å². The van der Waals surface area contributed by atoms with Crippen LogP contribution in [0.5, 0.6) is 5.75 Å². The zero-order valence-electron chi connectivity index (χ0n) is 18.0. The van der Waals surface area contributed by atoms with E-state index in [2.05, 4.69) is 5.32 Å². The number of nitrogens with zero attached hydrogens (tertiary/aromatic N) is 2. The molecule has 31 heavy (non-hydrogen) atoms. The molecule has 2 aromatic carbocycles. The van der Waals surface area contributed by atoms with Crippen LogP contribution in [0.3, 0.4) is 0 Å². The van der Waals surface area contributed by atoms with Crippen LogP contribution < -0.4 is 15.0 Å². The quantitative estimate of drug-likeness (QED) is 0.773. The first-order chi connectivity index (χ1) is 14.9. The number of hydrogen-bond acceptors (Lipinski definition) is 4. The van der Waals surface area contributed by atoms with Crippen LogP contribution >= 0.6 is 11.6 Å². The van der Waals surface area contributed by atoms with Crippen LogP contribution in [0.4, 0.5) is 11.4 Å². The molecule has 7 heteroatoms. The summed E-state index contributed by atoms with van der Waals surface area (Å²) in [6.07, 6.45) is 2.59. The van der Waals surface area contributed by atoms with Crippen molar-refractivity contribution >= 4 is 34.8 Å². The highest BCUT2D eigenvalue weighted by Crippen LogP contribution is 2.34. The number of anilines is 2. The summed E-state index contributed by atoms with van der Waals surface area (Å²) in [6, 6.07) is 11.4. The average Bonchev–Trinajstić information content (AvgIpc) is 2.76. The average molecular weight is 442 g/mol. The summed E-state index contributed by atoms with van der Waals surface area (Å²) in [7, 11) is 0. The van der Waals surface area contributed by atoms with Crippen molar-refractivity contribution in [3.63, 3.8) is 0 Å². The van der Waals surface area contributed by atoms with Crippen molar-refractivity contribution in [3.8, 4) is 5.75 Å². The molecule has 0 aliphatic carbocycles. The molecule has 2 aliphatic heterocycles. The van der Waals surface area contributed by atoms with Crippen molar-refractivity contribution in [2.75, 3.05) is 36.4 Å². The molecule has 0 bridgehead atoms. The monoisotopic (exact) mass is 441 g/mol. The highest BCUT2D eigenvalue weighted by atomic mass is 35.5. The van der Waals surface area contributed by atoms with Crippen molar-refractivity contribution in [3.05, 3.63) is 52.5 Å². The number of likely N-dealkylation sites (tertiary alicyclic amines) is 1. The largest absolute Gasteiger partial charge is 0.477 e. The Kier molecular flexibility index (Phi) is 6.37. The maximum absolute atomic E-state index is 13.1. The fourth-order valence-electron chi connectivity index (χ4n) is 4.33. The number of carbonyl (C=O) groups excluding carboxylic acids is 2. The van der Waals surface area contributed by atoms with E-state index in [1.807, 2.05) is 60.0 Å². The van der Waals surface area contributed by atoms with E-state index in [-0.39, 0.29) is 18.4 Å². The fourth-order valence-corrected chi connectivity index (χ4v) is 4.70. The first kappa shape index (κ1) is 21.5. The molecule has 0 saturated carbocycles. The van der Waals surface area contributed by atoms with Crippen LogP contribution in [0.15, 0.2) is 36.4 Å². The molecular formula is C24H28ClN3O3. The van der Waals surface area contributed by atoms with Crippen LogP contribution in [0.25, 0.3) is 0 Å². The van der Waals surface area contributed by atoms with E-state index < -0.39 is 6.10 Å². The molecule has 1 saturated heterocycles. The van der Waals surface area contributed by atoms with Crippen LogP contribution in [-0.2, 0) is 9.59 Å². The van der Waals surface area contributed by atoms with Gasteiger partial charge in [-0.05, 0) is 62.4 Å². The van der Waals surface area contributed by atoms with Gasteiger partial charge in [0.15, 0.2) is 6.10 Å². The highest BCUT2D eigenvalue weighted by Gasteiger charge is 2.34. The zero-order valence-corrected chi connectivity index (χ0v) is 18.7. The molecule has 1 fully saturated rings. The Hall–Kier alpha value is -2.73. The Labute approximate surface area is 188 Å². The summed E-state index contributed by atoms with van der Waals surface area (Å²) >= 11 is 6.35. The summed E-state index contributed by atoms with van der Waals surface area (Å²) in [5.41, 5.74) is 3.40. The third-order valence-electron chi connectivity index (χ3n) is 5.84. The first-order valence-electron chi connectivity index (χ1n) is 10.8. The number of hydrogen-bond donors (Lipinski definition) is 1. The third-order valence-corrected chi connectivity index (χ3v) is 6.13. The van der Waals surface area contributed by atoms with E-state index in [0.717, 1.165) is 49.2 Å². The summed E-state index contributed by atoms with van der Waals surface area (Å²) in [4.78, 5) is 29.8. The van der Waals surface area contributed by atoms with Gasteiger partial charge in [0.2, 0.25) is 5.91 Å². The lowest BCUT2D eigenvalue weighted by Gasteiger charge is -2.38. The topological polar surface area (TPSA) is 61.9 Å². The molecular weight excluding hydrogens is 414 g/mol. The molecule has 164 valence electrons. The van der Waals surface area contributed by atoms with E-state index >= 15 is 0 Å². The molecule has 6 nitrogen and oxygen atoms in total. The van der Waals surface area contributed by atoms with E-state index in [0.29, 0.717) is 23.0 Å². The number of halogens is 1. The van der Waals surface area contributed by atoms with Crippen molar-refractivity contribution in [1.82, 2.24) is 4.90 Å². The van der Waals surface area contributed by atoms with Gasteiger partial charge < -0.3 is 19.9 Å². The van der Waals surface area contributed by atoms with E-state index in [1.165, 1.54) is 0 Å². The molecule has 4 rings (SSSR count). The van der Waals surface area contributed by atoms with Gasteiger partial charge in [-0.15, -0.1) is 0 Å². The predicted molar refractivity (Wildman–Crippen MR) is 123 cm³/mol. The first-order valence-corrected chi connectivity index (χ1v) is 11.2. The van der Waals surface area contributed by atoms with Crippen LogP contribution in [0.2, 0.25) is 5.02 Å². The molecule has 2 aromatic rings. The van der Waals surface area contributed by atoms with Gasteiger partial charge in [0.1, 0.15) is 5.75 Å². The lowest BCUT2D eigenvalue weighted by molar-refractivity contribution is -0.139. The molecule has 1 atom stereocenters. The predicted octanol–water partition coefficient (Wildman–Crippen LogP) is 4.18. The van der Waals surface area contributed by atoms with Crippen molar-refractivity contribution < 1.29 is 14.3 Å². The highest BCUT2D eigenvalue weighted by molar-refractivity contribution is 6.34. The molecule has 0 radical (unpaired) electrons. The molecule has 2 aliphatic rings. The Bertz CT molecular complexity index is 965. The number of nitrogens with one attached hydrogen (secondary N) is 1. The van der Waals surface area contributed by atoms with E-state index in [4.69, 9.17) is 16.3 Å². The van der Waals surface area contributed by atoms with Gasteiger partial charge in [-0.25, -0.2) is 0 Å². The van der Waals surface area contributed by atoms with Gasteiger partial charge in [-0.3, -0.25) is 9.59 Å². The van der Waals surface area contributed by atoms with Gasteiger partial charge in [0.25, 0.3) is 5.91 Å². The van der Waals surface area contributed by atoms with Crippen LogP contribution in [0.1, 0.15) is 30.4 Å². The number of amides is 2. The minimum Gasteiger partial charge on any atom is -0.477 e. The number of rotatable bonds is 4. The molecule has 2 heterocycles. The number of aryl methyl sites for hydroxylation is 2. The van der Waals surface area contributed by atoms with Crippen molar-refractivity contribution in [1.29, 1.82) is 0 Å². The maximum atomic E-state index is 13.1. The second kappa shape index (κ2) is 9.18. The molecule has 2 amide bonds. The van der Waals surface area contributed by atoms with E-state index in [1.54, 1.807) is 0 Å². The van der Waals surface area contributed by atoms with Crippen molar-refractivity contribution in [2.24, 2.45) is 0 Å². The molecule has 1 unspecified atom stereocenters. The lowest BCUT2D eigenvalue weighted by Crippen LogP contribution is -2.52. The number of fused-ring (bicyclic) bond motifs is 1. The Morgan fingerprint density at radius 1 is 1.13 bits per heavy atom. The summed E-state index contributed by atoms with van der Waals surface area (Å²) < 4.78 is 6.04. The Morgan fingerprint density at radius 3 is 2.61 bits per heavy atom. The van der Waals surface area contributed by atoms with Gasteiger partial charge in [-0.1, -0.05) is 29.8 Å². The third kappa shape index (κ3) is 4.79. The van der Waals surface area contributed by atoms with Gasteiger partial charge in [0, 0.05) is 13.1 Å². The summed E-state index contributed by atoms with van der Waals surface area (Å²) in [5, 5.41) is 3.46. The normalized spacial score (nSPS) is 18.2. The number of piperidine rings is 1. The number of para-hydroxylation sites is 2. The fraction of sp³-hybridized carbons (Fsp3) is 0.417. The Balaban J connectivity index is 1.51. The smallest absolute Gasteiger partial charge is 0.265 e. The summed E-state index contributed by atoms with van der Waals surface area (Å²) in [6.45, 7) is 5.87. The number of ether oxygens (including phenoxy) is 1. The molecule has 1 N–H and O–H groups in total.